The summed E-state index contributed by atoms with van der Waals surface area (Å²) in [7, 11) is 1.73. The average molecular weight is 265 g/mol. The number of benzene rings is 1. The number of thioether (sulfide) groups is 1. The summed E-state index contributed by atoms with van der Waals surface area (Å²) >= 11 is 2.12. The largest absolute Gasteiger partial charge is 0.497 e. The van der Waals surface area contributed by atoms with Crippen LogP contribution in [0.4, 0.5) is 0 Å². The van der Waals surface area contributed by atoms with Crippen molar-refractivity contribution in [3.8, 4) is 5.75 Å². The van der Waals surface area contributed by atoms with Gasteiger partial charge in [-0.3, -0.25) is 0 Å². The van der Waals surface area contributed by atoms with Crippen molar-refractivity contribution in [1.82, 2.24) is 5.32 Å². The maximum absolute atomic E-state index is 5.34. The molecule has 1 saturated heterocycles. The minimum absolute atomic E-state index is 0.454. The summed E-state index contributed by atoms with van der Waals surface area (Å²) in [5.74, 6) is 2.26. The van der Waals surface area contributed by atoms with Crippen molar-refractivity contribution in [2.45, 2.75) is 37.5 Å². The van der Waals surface area contributed by atoms with Crippen LogP contribution in [0.3, 0.4) is 0 Å². The van der Waals surface area contributed by atoms with Gasteiger partial charge in [-0.1, -0.05) is 25.5 Å². The van der Waals surface area contributed by atoms with Crippen molar-refractivity contribution in [3.05, 3.63) is 29.8 Å². The number of ether oxygens (including phenoxy) is 1. The van der Waals surface area contributed by atoms with E-state index in [2.05, 4.69) is 42.2 Å². The molecule has 2 atom stereocenters. The maximum Gasteiger partial charge on any atom is 0.119 e. The summed E-state index contributed by atoms with van der Waals surface area (Å²) in [5.41, 5.74) is 1.36. The molecule has 1 aliphatic heterocycles. The van der Waals surface area contributed by atoms with E-state index in [9.17, 15) is 0 Å². The van der Waals surface area contributed by atoms with Crippen molar-refractivity contribution >= 4 is 11.8 Å². The van der Waals surface area contributed by atoms with Crippen molar-refractivity contribution in [3.63, 3.8) is 0 Å². The Morgan fingerprint density at radius 1 is 1.44 bits per heavy atom. The number of rotatable bonds is 5. The number of nitrogens with one attached hydrogen (secondary N) is 1. The molecule has 18 heavy (non-hydrogen) atoms. The lowest BCUT2D eigenvalue weighted by Gasteiger charge is -2.31. The molecule has 0 spiro atoms. The Hall–Kier alpha value is -0.670. The van der Waals surface area contributed by atoms with E-state index in [4.69, 9.17) is 4.74 Å². The first-order valence-corrected chi connectivity index (χ1v) is 7.89. The molecule has 1 aromatic carbocycles. The Labute approximate surface area is 114 Å². The van der Waals surface area contributed by atoms with E-state index >= 15 is 0 Å². The lowest BCUT2D eigenvalue weighted by Crippen LogP contribution is -2.31. The summed E-state index contributed by atoms with van der Waals surface area (Å²) in [5, 5.41) is 4.34. The zero-order chi connectivity index (χ0) is 12.8. The molecule has 2 unspecified atom stereocenters. The van der Waals surface area contributed by atoms with Gasteiger partial charge in [0.15, 0.2) is 0 Å². The molecule has 2 nitrogen and oxygen atoms in total. The predicted molar refractivity (Wildman–Crippen MR) is 79.5 cm³/mol. The summed E-state index contributed by atoms with van der Waals surface area (Å²) in [4.78, 5) is 0. The maximum atomic E-state index is 5.34. The second kappa shape index (κ2) is 7.05. The second-order valence-electron chi connectivity index (χ2n) is 4.72. The van der Waals surface area contributed by atoms with E-state index in [0.717, 1.165) is 12.3 Å². The van der Waals surface area contributed by atoms with Crippen molar-refractivity contribution < 1.29 is 4.74 Å². The van der Waals surface area contributed by atoms with E-state index < -0.39 is 0 Å². The minimum atomic E-state index is 0.454. The van der Waals surface area contributed by atoms with Gasteiger partial charge >= 0.3 is 0 Å². The third-order valence-electron chi connectivity index (χ3n) is 3.46. The van der Waals surface area contributed by atoms with Crippen molar-refractivity contribution in [2.75, 3.05) is 19.4 Å². The minimum Gasteiger partial charge on any atom is -0.497 e. The monoisotopic (exact) mass is 265 g/mol. The smallest absolute Gasteiger partial charge is 0.119 e. The first-order valence-electron chi connectivity index (χ1n) is 6.84. The van der Waals surface area contributed by atoms with Crippen LogP contribution in [0.25, 0.3) is 0 Å². The Balaban J connectivity index is 2.16. The highest BCUT2D eigenvalue weighted by Gasteiger charge is 2.25. The van der Waals surface area contributed by atoms with Crippen LogP contribution < -0.4 is 10.1 Å². The van der Waals surface area contributed by atoms with E-state index in [-0.39, 0.29) is 0 Å². The van der Waals surface area contributed by atoms with Crippen LogP contribution in [0.15, 0.2) is 24.3 Å². The van der Waals surface area contributed by atoms with Gasteiger partial charge in [0.05, 0.1) is 7.11 Å². The summed E-state index contributed by atoms with van der Waals surface area (Å²) < 4.78 is 5.34. The van der Waals surface area contributed by atoms with E-state index in [1.165, 1.54) is 30.6 Å². The van der Waals surface area contributed by atoms with Crippen molar-refractivity contribution in [1.29, 1.82) is 0 Å². The van der Waals surface area contributed by atoms with Crippen LogP contribution in [0.1, 0.15) is 37.8 Å². The van der Waals surface area contributed by atoms with Gasteiger partial charge in [-0.15, -0.1) is 0 Å². The topological polar surface area (TPSA) is 21.3 Å². The van der Waals surface area contributed by atoms with Crippen LogP contribution in [-0.4, -0.2) is 24.7 Å². The molecule has 1 aliphatic rings. The zero-order valence-electron chi connectivity index (χ0n) is 11.3. The molecule has 0 aromatic heterocycles. The first kappa shape index (κ1) is 13.8. The molecule has 1 heterocycles. The molecule has 0 saturated carbocycles. The summed E-state index contributed by atoms with van der Waals surface area (Å²) in [6.07, 6.45) is 4.06. The highest BCUT2D eigenvalue weighted by atomic mass is 32.2. The predicted octanol–water partition coefficient (Wildman–Crippen LogP) is 3.63. The van der Waals surface area contributed by atoms with Crippen LogP contribution in [0, 0.1) is 0 Å². The van der Waals surface area contributed by atoms with Gasteiger partial charge in [0.25, 0.3) is 0 Å². The summed E-state index contributed by atoms with van der Waals surface area (Å²) in [6.45, 7) is 3.19. The second-order valence-corrected chi connectivity index (χ2v) is 6.06. The lowest BCUT2D eigenvalue weighted by atomic mass is 9.99. The number of hydrogen-bond donors (Lipinski definition) is 1. The molecule has 1 aromatic rings. The Bertz CT molecular complexity index is 363. The Kier molecular flexibility index (Phi) is 5.39. The average Bonchev–Trinajstić information content (AvgIpc) is 2.46. The standard InChI is InChI=1S/C15H23NOS/c1-3-16-15(14-9-4-5-10-18-14)12-7-6-8-13(11-12)17-2/h6-8,11,14-16H,3-5,9-10H2,1-2H3. The fourth-order valence-corrected chi connectivity index (χ4v) is 4.00. The van der Waals surface area contributed by atoms with Crippen LogP contribution in [0.5, 0.6) is 5.75 Å². The van der Waals surface area contributed by atoms with Gasteiger partial charge in [-0.25, -0.2) is 0 Å². The molecular weight excluding hydrogens is 242 g/mol. The van der Waals surface area contributed by atoms with Gasteiger partial charge in [-0.2, -0.15) is 11.8 Å². The number of hydrogen-bond acceptors (Lipinski definition) is 3. The third-order valence-corrected chi connectivity index (χ3v) is 4.92. The molecule has 100 valence electrons. The lowest BCUT2D eigenvalue weighted by molar-refractivity contribution is 0.412. The van der Waals surface area contributed by atoms with Crippen LogP contribution >= 0.6 is 11.8 Å². The van der Waals surface area contributed by atoms with Gasteiger partial charge in [-0.05, 0) is 42.8 Å². The highest BCUT2D eigenvalue weighted by molar-refractivity contribution is 8.00. The molecule has 0 bridgehead atoms. The summed E-state index contributed by atoms with van der Waals surface area (Å²) in [6, 6.07) is 8.94. The van der Waals surface area contributed by atoms with E-state index in [0.29, 0.717) is 11.3 Å². The van der Waals surface area contributed by atoms with Gasteiger partial charge in [0.2, 0.25) is 0 Å². The van der Waals surface area contributed by atoms with Gasteiger partial charge < -0.3 is 10.1 Å². The quantitative estimate of drug-likeness (QED) is 0.878. The molecule has 0 aliphatic carbocycles. The van der Waals surface area contributed by atoms with Crippen LogP contribution in [0.2, 0.25) is 0 Å². The Morgan fingerprint density at radius 2 is 2.33 bits per heavy atom. The zero-order valence-corrected chi connectivity index (χ0v) is 12.1. The number of methoxy groups -OCH3 is 1. The first-order chi connectivity index (χ1) is 8.85. The molecule has 2 rings (SSSR count). The molecule has 1 N–H and O–H groups in total. The van der Waals surface area contributed by atoms with E-state index in [1.54, 1.807) is 7.11 Å². The SMILES string of the molecule is CCNC(c1cccc(OC)c1)C1CCCCS1. The normalized spacial score (nSPS) is 21.6. The van der Waals surface area contributed by atoms with Gasteiger partial charge in [0.1, 0.15) is 5.75 Å². The molecule has 0 radical (unpaired) electrons. The van der Waals surface area contributed by atoms with Gasteiger partial charge in [0, 0.05) is 11.3 Å². The van der Waals surface area contributed by atoms with Crippen LogP contribution in [-0.2, 0) is 0 Å². The van der Waals surface area contributed by atoms with E-state index in [1.807, 2.05) is 6.07 Å². The Morgan fingerprint density at radius 3 is 3.00 bits per heavy atom. The fraction of sp³-hybridized carbons (Fsp3) is 0.600. The van der Waals surface area contributed by atoms with Crippen molar-refractivity contribution in [2.24, 2.45) is 0 Å². The highest BCUT2D eigenvalue weighted by Crippen LogP contribution is 2.35. The fourth-order valence-electron chi connectivity index (χ4n) is 2.55. The molecule has 3 heteroatoms. The third kappa shape index (κ3) is 3.42. The molecular formula is C15H23NOS. The molecule has 1 fully saturated rings. The molecule has 0 amide bonds.